The predicted molar refractivity (Wildman–Crippen MR) is 106 cm³/mol. The zero-order chi connectivity index (χ0) is 21.6. The van der Waals surface area contributed by atoms with Gasteiger partial charge in [-0.15, -0.1) is 0 Å². The fraction of sp³-hybridized carbons (Fsp3) is 0.222. The van der Waals surface area contributed by atoms with E-state index in [1.54, 1.807) is 12.1 Å². The van der Waals surface area contributed by atoms with E-state index in [0.29, 0.717) is 0 Å². The Morgan fingerprint density at radius 2 is 1.83 bits per heavy atom. The van der Waals surface area contributed by atoms with E-state index >= 15 is 0 Å². The second-order valence-corrected chi connectivity index (χ2v) is 8.53. The number of ether oxygens (including phenoxy) is 1. The van der Waals surface area contributed by atoms with Gasteiger partial charge in [-0.2, -0.15) is 0 Å². The fourth-order valence-electron chi connectivity index (χ4n) is 2.20. The number of carbonyl (C=O) groups excluding carboxylic acids is 2. The van der Waals surface area contributed by atoms with Gasteiger partial charge in [-0.1, -0.05) is 29.3 Å². The number of esters is 1. The van der Waals surface area contributed by atoms with Crippen LogP contribution < -0.4 is 5.32 Å². The number of nitro groups is 1. The number of amides is 1. The van der Waals surface area contributed by atoms with Crippen molar-refractivity contribution >= 4 is 44.7 Å². The molecule has 0 radical (unpaired) electrons. The van der Waals surface area contributed by atoms with Crippen molar-refractivity contribution in [3.63, 3.8) is 0 Å². The number of sulfone groups is 1. The van der Waals surface area contributed by atoms with Crippen molar-refractivity contribution in [2.75, 3.05) is 17.7 Å². The largest absolute Gasteiger partial charge is 0.456 e. The van der Waals surface area contributed by atoms with Gasteiger partial charge in [0.1, 0.15) is 0 Å². The van der Waals surface area contributed by atoms with E-state index in [0.717, 1.165) is 17.7 Å². The molecule has 0 aliphatic rings. The van der Waals surface area contributed by atoms with Crippen LogP contribution in [0.5, 0.6) is 0 Å². The van der Waals surface area contributed by atoms with Crippen LogP contribution in [0.4, 0.5) is 11.4 Å². The summed E-state index contributed by atoms with van der Waals surface area (Å²) in [5.41, 5.74) is 0.775. The highest BCUT2D eigenvalue weighted by Crippen LogP contribution is 2.26. The van der Waals surface area contributed by atoms with Gasteiger partial charge in [0.05, 0.1) is 32.7 Å². The predicted octanol–water partition coefficient (Wildman–Crippen LogP) is 2.90. The summed E-state index contributed by atoms with van der Waals surface area (Å²) < 4.78 is 29.1. The van der Waals surface area contributed by atoms with Crippen molar-refractivity contribution in [1.82, 2.24) is 0 Å². The molecule has 11 heteroatoms. The van der Waals surface area contributed by atoms with E-state index < -0.39 is 45.4 Å². The number of nitrogens with zero attached hydrogens (tertiary/aromatic N) is 1. The van der Waals surface area contributed by atoms with E-state index in [2.05, 4.69) is 5.32 Å². The normalized spacial score (nSPS) is 11.0. The lowest BCUT2D eigenvalue weighted by atomic mass is 10.2. The van der Waals surface area contributed by atoms with Gasteiger partial charge in [-0.3, -0.25) is 19.7 Å². The minimum atomic E-state index is -3.65. The SMILES string of the molecule is Cc1ccc(S(=O)(=O)CCC(=O)OCC(=O)Nc2ccc([N+](=O)[O-])cc2Cl)cc1. The van der Waals surface area contributed by atoms with Crippen LogP contribution in [0.2, 0.25) is 5.02 Å². The Kier molecular flexibility index (Phi) is 7.29. The Morgan fingerprint density at radius 3 is 2.41 bits per heavy atom. The molecule has 0 aromatic heterocycles. The zero-order valence-electron chi connectivity index (χ0n) is 15.3. The van der Waals surface area contributed by atoms with E-state index in [4.69, 9.17) is 16.3 Å². The second kappa shape index (κ2) is 9.48. The molecular weight excluding hydrogens is 424 g/mol. The minimum absolute atomic E-state index is 0.0527. The van der Waals surface area contributed by atoms with Crippen LogP contribution in [-0.4, -0.2) is 37.6 Å². The molecule has 0 aliphatic carbocycles. The van der Waals surface area contributed by atoms with Crippen LogP contribution in [0.15, 0.2) is 47.4 Å². The third-order valence-electron chi connectivity index (χ3n) is 3.76. The molecule has 0 unspecified atom stereocenters. The Morgan fingerprint density at radius 1 is 1.17 bits per heavy atom. The average molecular weight is 441 g/mol. The molecule has 0 aliphatic heterocycles. The molecule has 1 amide bonds. The monoisotopic (exact) mass is 440 g/mol. The molecule has 0 spiro atoms. The maximum atomic E-state index is 12.2. The number of nitro benzene ring substituents is 1. The van der Waals surface area contributed by atoms with Gasteiger partial charge in [0.15, 0.2) is 16.4 Å². The first-order valence-electron chi connectivity index (χ1n) is 8.27. The molecule has 0 bridgehead atoms. The lowest BCUT2D eigenvalue weighted by Gasteiger charge is -2.08. The summed E-state index contributed by atoms with van der Waals surface area (Å²) in [6.07, 6.45) is -0.415. The third kappa shape index (κ3) is 6.54. The van der Waals surface area contributed by atoms with Gasteiger partial charge in [-0.25, -0.2) is 8.42 Å². The molecule has 1 N–H and O–H groups in total. The van der Waals surface area contributed by atoms with Gasteiger partial charge in [-0.05, 0) is 25.1 Å². The van der Waals surface area contributed by atoms with Gasteiger partial charge < -0.3 is 10.1 Å². The van der Waals surface area contributed by atoms with Crippen molar-refractivity contribution in [2.45, 2.75) is 18.2 Å². The second-order valence-electron chi connectivity index (χ2n) is 6.01. The summed E-state index contributed by atoms with van der Waals surface area (Å²) in [6.45, 7) is 1.17. The van der Waals surface area contributed by atoms with Crippen LogP contribution >= 0.6 is 11.6 Å². The number of halogens is 1. The number of anilines is 1. The number of non-ortho nitro benzene ring substituents is 1. The molecule has 2 aromatic carbocycles. The van der Waals surface area contributed by atoms with Gasteiger partial charge in [0.2, 0.25) is 0 Å². The summed E-state index contributed by atoms with van der Waals surface area (Å²) in [6, 6.07) is 9.68. The standard InChI is InChI=1S/C18H17ClN2O7S/c1-12-2-5-14(6-3-12)29(26,27)9-8-18(23)28-11-17(22)20-16-7-4-13(21(24)25)10-15(16)19/h2-7,10H,8-9,11H2,1H3,(H,20,22). The van der Waals surface area contributed by atoms with Crippen molar-refractivity contribution in [3.8, 4) is 0 Å². The molecule has 0 fully saturated rings. The van der Waals surface area contributed by atoms with Crippen LogP contribution in [0.1, 0.15) is 12.0 Å². The van der Waals surface area contributed by atoms with Crippen LogP contribution in [0.25, 0.3) is 0 Å². The van der Waals surface area contributed by atoms with Crippen LogP contribution in [0.3, 0.4) is 0 Å². The third-order valence-corrected chi connectivity index (χ3v) is 5.80. The Balaban J connectivity index is 1.83. The van der Waals surface area contributed by atoms with Crippen LogP contribution in [-0.2, 0) is 24.2 Å². The molecule has 0 saturated heterocycles. The van der Waals surface area contributed by atoms with Gasteiger partial charge >= 0.3 is 5.97 Å². The van der Waals surface area contributed by atoms with E-state index in [-0.39, 0.29) is 21.3 Å². The lowest BCUT2D eigenvalue weighted by Crippen LogP contribution is -2.22. The first kappa shape index (κ1) is 22.3. The topological polar surface area (TPSA) is 133 Å². The van der Waals surface area contributed by atoms with Crippen molar-refractivity contribution in [3.05, 3.63) is 63.2 Å². The number of benzene rings is 2. The summed E-state index contributed by atoms with van der Waals surface area (Å²) >= 11 is 5.85. The molecule has 154 valence electrons. The van der Waals surface area contributed by atoms with E-state index in [1.165, 1.54) is 18.2 Å². The molecule has 0 heterocycles. The highest BCUT2D eigenvalue weighted by molar-refractivity contribution is 7.91. The average Bonchev–Trinajstić information content (AvgIpc) is 2.66. The first-order chi connectivity index (χ1) is 13.6. The number of carbonyl (C=O) groups is 2. The summed E-state index contributed by atoms with van der Waals surface area (Å²) in [7, 11) is -3.65. The number of hydrogen-bond acceptors (Lipinski definition) is 7. The Labute approximate surface area is 171 Å². The molecule has 2 rings (SSSR count). The van der Waals surface area contributed by atoms with Gasteiger partial charge in [0, 0.05) is 12.1 Å². The fourth-order valence-corrected chi connectivity index (χ4v) is 3.65. The Bertz CT molecular complexity index is 1040. The summed E-state index contributed by atoms with van der Waals surface area (Å²) in [5.74, 6) is -2.04. The van der Waals surface area contributed by atoms with Crippen molar-refractivity contribution in [1.29, 1.82) is 0 Å². The quantitative estimate of drug-likeness (QED) is 0.379. The minimum Gasteiger partial charge on any atom is -0.456 e. The molecule has 0 atom stereocenters. The molecule has 0 saturated carbocycles. The molecule has 29 heavy (non-hydrogen) atoms. The number of hydrogen-bond donors (Lipinski definition) is 1. The highest BCUT2D eigenvalue weighted by atomic mass is 35.5. The maximum Gasteiger partial charge on any atom is 0.307 e. The van der Waals surface area contributed by atoms with Crippen molar-refractivity contribution < 1.29 is 27.7 Å². The van der Waals surface area contributed by atoms with Crippen molar-refractivity contribution in [2.24, 2.45) is 0 Å². The smallest absolute Gasteiger partial charge is 0.307 e. The number of rotatable bonds is 8. The van der Waals surface area contributed by atoms with E-state index in [1.807, 2.05) is 6.92 Å². The molecule has 2 aromatic rings. The summed E-state index contributed by atoms with van der Waals surface area (Å²) in [5, 5.41) is 13.0. The maximum absolute atomic E-state index is 12.2. The number of aryl methyl sites for hydroxylation is 1. The molecule has 9 nitrogen and oxygen atoms in total. The number of nitrogens with one attached hydrogen (secondary N) is 1. The Hall–Kier alpha value is -2.98. The first-order valence-corrected chi connectivity index (χ1v) is 10.3. The lowest BCUT2D eigenvalue weighted by molar-refractivity contribution is -0.384. The van der Waals surface area contributed by atoms with E-state index in [9.17, 15) is 28.1 Å². The zero-order valence-corrected chi connectivity index (χ0v) is 16.8. The summed E-state index contributed by atoms with van der Waals surface area (Å²) in [4.78, 5) is 33.7. The van der Waals surface area contributed by atoms with Crippen LogP contribution in [0, 0.1) is 17.0 Å². The highest BCUT2D eigenvalue weighted by Gasteiger charge is 2.18. The van der Waals surface area contributed by atoms with Gasteiger partial charge in [0.25, 0.3) is 11.6 Å². The molecular formula is C18H17ClN2O7S.